The van der Waals surface area contributed by atoms with E-state index in [-0.39, 0.29) is 18.4 Å². The Morgan fingerprint density at radius 1 is 1.14 bits per heavy atom. The fourth-order valence-corrected chi connectivity index (χ4v) is 3.84. The molecule has 0 aliphatic carbocycles. The highest BCUT2D eigenvalue weighted by Crippen LogP contribution is 2.20. The number of esters is 1. The van der Waals surface area contributed by atoms with Crippen molar-refractivity contribution in [2.75, 3.05) is 6.61 Å². The fourth-order valence-electron chi connectivity index (χ4n) is 2.77. The summed E-state index contributed by atoms with van der Waals surface area (Å²) in [5.41, 5.74) is 3.96. The molecule has 0 unspecified atom stereocenters. The minimum atomic E-state index is -0.383. The van der Waals surface area contributed by atoms with E-state index in [1.165, 1.54) is 11.3 Å². The van der Waals surface area contributed by atoms with E-state index in [1.807, 2.05) is 26.0 Å². The topological polar surface area (TPSA) is 60.7 Å². The molecule has 0 N–H and O–H groups in total. The molecule has 1 aromatic heterocycles. The first-order valence-corrected chi connectivity index (χ1v) is 9.66. The average Bonchev–Trinajstić information content (AvgIpc) is 3.01. The molecular weight excluding hydrogens is 372 g/mol. The zero-order valence-corrected chi connectivity index (χ0v) is 16.8. The number of carbonyl (C=O) groups excluding carboxylic acids is 2. The van der Waals surface area contributed by atoms with Crippen LogP contribution in [0.1, 0.15) is 38.8 Å². The van der Waals surface area contributed by atoms with E-state index in [2.05, 4.69) is 10.9 Å². The lowest BCUT2D eigenvalue weighted by Gasteiger charge is -2.03. The number of ether oxygens (including phenoxy) is 1. The van der Waals surface area contributed by atoms with E-state index >= 15 is 0 Å². The molecule has 6 heteroatoms. The second-order valence-electron chi connectivity index (χ2n) is 6.29. The van der Waals surface area contributed by atoms with Crippen LogP contribution in [0, 0.1) is 26.2 Å². The van der Waals surface area contributed by atoms with Crippen LogP contribution in [0.3, 0.4) is 0 Å². The van der Waals surface area contributed by atoms with Crippen molar-refractivity contribution in [2.24, 2.45) is 4.99 Å². The number of aryl methyl sites for hydroxylation is 2. The number of nitrogens with zero attached hydrogens (tertiary/aromatic N) is 2. The smallest absolute Gasteiger partial charge is 0.338 e. The Bertz CT molecular complexity index is 1180. The molecule has 142 valence electrons. The van der Waals surface area contributed by atoms with Crippen molar-refractivity contribution < 1.29 is 14.3 Å². The highest BCUT2D eigenvalue weighted by atomic mass is 32.1. The van der Waals surface area contributed by atoms with Gasteiger partial charge in [0.1, 0.15) is 0 Å². The number of thiazole rings is 1. The van der Waals surface area contributed by atoms with Crippen LogP contribution in [-0.4, -0.2) is 23.1 Å². The first-order valence-electron chi connectivity index (χ1n) is 8.85. The molecule has 2 aromatic carbocycles. The summed E-state index contributed by atoms with van der Waals surface area (Å²) >= 11 is 1.32. The van der Waals surface area contributed by atoms with Gasteiger partial charge in [0, 0.05) is 5.56 Å². The van der Waals surface area contributed by atoms with Gasteiger partial charge < -0.3 is 9.30 Å². The maximum atomic E-state index is 12.7. The molecule has 1 heterocycles. The van der Waals surface area contributed by atoms with Gasteiger partial charge >= 0.3 is 5.97 Å². The van der Waals surface area contributed by atoms with E-state index in [0.717, 1.165) is 21.3 Å². The largest absolute Gasteiger partial charge is 0.462 e. The predicted molar refractivity (Wildman–Crippen MR) is 110 cm³/mol. The summed E-state index contributed by atoms with van der Waals surface area (Å²) < 4.78 is 7.67. The monoisotopic (exact) mass is 392 g/mol. The van der Waals surface area contributed by atoms with Gasteiger partial charge in [0.15, 0.2) is 4.80 Å². The number of benzene rings is 2. The van der Waals surface area contributed by atoms with Gasteiger partial charge in [-0.1, -0.05) is 23.3 Å². The minimum absolute atomic E-state index is 0.276. The van der Waals surface area contributed by atoms with Crippen LogP contribution >= 0.6 is 11.3 Å². The lowest BCUT2D eigenvalue weighted by atomic mass is 10.1. The molecule has 1 amide bonds. The molecule has 0 aliphatic rings. The number of carbonyl (C=O) groups is 2. The minimum Gasteiger partial charge on any atom is -0.462 e. The maximum absolute atomic E-state index is 12.7. The molecule has 0 saturated carbocycles. The number of hydrogen-bond donors (Lipinski definition) is 0. The summed E-state index contributed by atoms with van der Waals surface area (Å²) in [7, 11) is 0. The van der Waals surface area contributed by atoms with Crippen molar-refractivity contribution in [1.29, 1.82) is 0 Å². The number of aromatic nitrogens is 1. The molecule has 0 fully saturated rings. The van der Waals surface area contributed by atoms with E-state index in [4.69, 9.17) is 11.2 Å². The lowest BCUT2D eigenvalue weighted by Crippen LogP contribution is -2.16. The zero-order valence-electron chi connectivity index (χ0n) is 16.0. The second-order valence-corrected chi connectivity index (χ2v) is 7.30. The average molecular weight is 392 g/mol. The van der Waals surface area contributed by atoms with E-state index in [1.54, 1.807) is 35.8 Å². The Labute approximate surface area is 167 Å². The molecule has 0 atom stereocenters. The summed E-state index contributed by atoms with van der Waals surface area (Å²) in [5, 5.41) is 0. The van der Waals surface area contributed by atoms with Gasteiger partial charge in [-0.25, -0.2) is 4.79 Å². The predicted octanol–water partition coefficient (Wildman–Crippen LogP) is 3.87. The number of terminal acetylenes is 1. The van der Waals surface area contributed by atoms with Gasteiger partial charge in [-0.15, -0.1) is 6.42 Å². The van der Waals surface area contributed by atoms with E-state index in [0.29, 0.717) is 22.5 Å². The summed E-state index contributed by atoms with van der Waals surface area (Å²) in [5.74, 6) is 1.89. The Hall–Kier alpha value is -3.17. The molecule has 0 saturated heterocycles. The van der Waals surface area contributed by atoms with Crippen molar-refractivity contribution >= 4 is 33.4 Å². The molecule has 0 aliphatic heterocycles. The first-order chi connectivity index (χ1) is 13.4. The Morgan fingerprint density at radius 3 is 2.57 bits per heavy atom. The molecule has 5 nitrogen and oxygen atoms in total. The molecule has 28 heavy (non-hydrogen) atoms. The normalized spacial score (nSPS) is 11.4. The highest BCUT2D eigenvalue weighted by Gasteiger charge is 2.13. The molecular formula is C22H20N2O3S. The van der Waals surface area contributed by atoms with Crippen LogP contribution in [0.25, 0.3) is 10.2 Å². The molecule has 3 rings (SSSR count). The van der Waals surface area contributed by atoms with Crippen LogP contribution in [0.4, 0.5) is 0 Å². The van der Waals surface area contributed by atoms with Crippen LogP contribution in [0.5, 0.6) is 0 Å². The van der Waals surface area contributed by atoms with E-state index in [9.17, 15) is 9.59 Å². The second kappa shape index (κ2) is 8.24. The van der Waals surface area contributed by atoms with Crippen molar-refractivity contribution in [3.63, 3.8) is 0 Å². The number of fused-ring (bicyclic) bond motifs is 1. The highest BCUT2D eigenvalue weighted by molar-refractivity contribution is 7.16. The third-order valence-electron chi connectivity index (χ3n) is 4.39. The molecule has 0 radical (unpaired) electrons. The van der Waals surface area contributed by atoms with Gasteiger partial charge in [-0.2, -0.15) is 4.99 Å². The number of amides is 1. The quantitative estimate of drug-likeness (QED) is 0.500. The Balaban J connectivity index is 2.10. The van der Waals surface area contributed by atoms with Crippen molar-refractivity contribution in [3.8, 4) is 12.3 Å². The summed E-state index contributed by atoms with van der Waals surface area (Å²) in [6, 6.07) is 10.7. The first kappa shape index (κ1) is 19.6. The van der Waals surface area contributed by atoms with Gasteiger partial charge in [0.2, 0.25) is 0 Å². The summed E-state index contributed by atoms with van der Waals surface area (Å²) in [6.45, 7) is 6.30. The van der Waals surface area contributed by atoms with Crippen LogP contribution in [-0.2, 0) is 11.3 Å². The van der Waals surface area contributed by atoms with Crippen molar-refractivity contribution in [3.05, 3.63) is 63.5 Å². The third kappa shape index (κ3) is 3.90. The fraction of sp³-hybridized carbons (Fsp3) is 0.227. The summed E-state index contributed by atoms with van der Waals surface area (Å²) in [4.78, 5) is 29.5. The van der Waals surface area contributed by atoms with Crippen LogP contribution in [0.15, 0.2) is 41.4 Å². The molecule has 0 bridgehead atoms. The molecule has 3 aromatic rings. The van der Waals surface area contributed by atoms with Crippen LogP contribution in [0.2, 0.25) is 0 Å². The number of rotatable bonds is 4. The summed E-state index contributed by atoms with van der Waals surface area (Å²) in [6.07, 6.45) is 5.51. The maximum Gasteiger partial charge on any atom is 0.338 e. The SMILES string of the molecule is C#CCn1c(=NC(=O)c2ccc(C)c(C)c2)sc2cc(C(=O)OCC)ccc21. The van der Waals surface area contributed by atoms with Crippen LogP contribution < -0.4 is 4.80 Å². The van der Waals surface area contributed by atoms with Crippen molar-refractivity contribution in [1.82, 2.24) is 4.57 Å². The lowest BCUT2D eigenvalue weighted by molar-refractivity contribution is 0.0526. The zero-order chi connectivity index (χ0) is 20.3. The van der Waals surface area contributed by atoms with Gasteiger partial charge in [0.05, 0.1) is 28.9 Å². The van der Waals surface area contributed by atoms with Gasteiger partial charge in [-0.3, -0.25) is 4.79 Å². The van der Waals surface area contributed by atoms with Crippen molar-refractivity contribution in [2.45, 2.75) is 27.3 Å². The Morgan fingerprint density at radius 2 is 1.89 bits per heavy atom. The van der Waals surface area contributed by atoms with Gasteiger partial charge in [-0.05, 0) is 62.2 Å². The standard InChI is InChI=1S/C22H20N2O3S/c1-5-11-24-18-10-9-17(21(26)27-6-2)13-19(18)28-22(24)23-20(25)16-8-7-14(3)15(4)12-16/h1,7-10,12-13H,6,11H2,2-4H3. The molecule has 0 spiro atoms. The van der Waals surface area contributed by atoms with E-state index < -0.39 is 0 Å². The Kier molecular flexibility index (Phi) is 5.76. The number of hydrogen-bond acceptors (Lipinski definition) is 4. The van der Waals surface area contributed by atoms with Gasteiger partial charge in [0.25, 0.3) is 5.91 Å². The third-order valence-corrected chi connectivity index (χ3v) is 5.44.